The van der Waals surface area contributed by atoms with Gasteiger partial charge in [-0.15, -0.1) is 0 Å². The van der Waals surface area contributed by atoms with Gasteiger partial charge < -0.3 is 4.57 Å². The van der Waals surface area contributed by atoms with Gasteiger partial charge in [0.2, 0.25) is 0 Å². The lowest BCUT2D eigenvalue weighted by Crippen LogP contribution is -2.31. The van der Waals surface area contributed by atoms with E-state index in [1.807, 2.05) is 58.0 Å². The maximum absolute atomic E-state index is 14.0. The number of fused-ring (bicyclic) bond motifs is 4. The Morgan fingerprint density at radius 3 is 1.97 bits per heavy atom. The fourth-order valence-electron chi connectivity index (χ4n) is 5.76. The molecule has 0 atom stereocenters. The van der Waals surface area contributed by atoms with Gasteiger partial charge in [-0.25, -0.2) is 4.90 Å². The summed E-state index contributed by atoms with van der Waals surface area (Å²) in [4.78, 5) is 28.8. The molecule has 6 rings (SSSR count). The minimum absolute atomic E-state index is 0.233. The number of halogens is 3. The Kier molecular flexibility index (Phi) is 5.08. The number of imide groups is 1. The fraction of sp³-hybridized carbons (Fsp3) is 0.161. The normalized spacial score (nSPS) is 13.7. The molecule has 0 aliphatic carbocycles. The van der Waals surface area contributed by atoms with Gasteiger partial charge in [0.25, 0.3) is 11.8 Å². The molecule has 2 amide bonds. The maximum atomic E-state index is 14.0. The Balaban J connectivity index is 1.64. The molecule has 0 fully saturated rings. The predicted octanol–water partition coefficient (Wildman–Crippen LogP) is 7.84. The van der Waals surface area contributed by atoms with Crippen LogP contribution >= 0.6 is 0 Å². The van der Waals surface area contributed by atoms with Gasteiger partial charge in [0, 0.05) is 10.8 Å². The second kappa shape index (κ2) is 8.05. The minimum atomic E-state index is -4.49. The first-order valence-electron chi connectivity index (χ1n) is 12.2. The van der Waals surface area contributed by atoms with Gasteiger partial charge in [-0.05, 0) is 81.3 Å². The Morgan fingerprint density at radius 1 is 0.684 bits per heavy atom. The molecular formula is C31H23F3N2O2. The molecule has 0 radical (unpaired) electrons. The molecule has 1 aliphatic rings. The molecule has 0 spiro atoms. The Labute approximate surface area is 216 Å². The quantitative estimate of drug-likeness (QED) is 0.226. The van der Waals surface area contributed by atoms with Crippen LogP contribution in [0.2, 0.25) is 0 Å². The van der Waals surface area contributed by atoms with Gasteiger partial charge in [-0.2, -0.15) is 13.2 Å². The average Bonchev–Trinajstić information content (AvgIpc) is 3.29. The first-order valence-corrected chi connectivity index (χ1v) is 12.2. The van der Waals surface area contributed by atoms with E-state index in [0.717, 1.165) is 34.4 Å². The van der Waals surface area contributed by atoms with Crippen molar-refractivity contribution < 1.29 is 22.8 Å². The highest BCUT2D eigenvalue weighted by molar-refractivity contribution is 6.36. The molecule has 0 unspecified atom stereocenters. The molecule has 4 nitrogen and oxygen atoms in total. The van der Waals surface area contributed by atoms with Crippen LogP contribution in [0.4, 0.5) is 18.9 Å². The van der Waals surface area contributed by atoms with E-state index in [0.29, 0.717) is 33.2 Å². The summed E-state index contributed by atoms with van der Waals surface area (Å²) in [5, 5.41) is 1.07. The Bertz CT molecular complexity index is 1820. The summed E-state index contributed by atoms with van der Waals surface area (Å²) >= 11 is 0. The SMILES string of the molecule is Cc1cc(C)c(N2C(=O)c3cccc(-n4c5ccc(C)cc5c5cc(C(F)(F)F)ccc54)c3C2=O)c(C)c1. The number of rotatable bonds is 2. The molecule has 0 bridgehead atoms. The Hall–Kier alpha value is -4.39. The number of alkyl halides is 3. The van der Waals surface area contributed by atoms with Gasteiger partial charge in [0.1, 0.15) is 0 Å². The molecule has 2 heterocycles. The number of nitrogens with zero attached hydrogens (tertiary/aromatic N) is 2. The van der Waals surface area contributed by atoms with Gasteiger partial charge in [0.15, 0.2) is 0 Å². The Morgan fingerprint density at radius 2 is 1.32 bits per heavy atom. The summed E-state index contributed by atoms with van der Waals surface area (Å²) in [6.45, 7) is 7.57. The highest BCUT2D eigenvalue weighted by Crippen LogP contribution is 2.41. The van der Waals surface area contributed by atoms with Crippen LogP contribution in [0.1, 0.15) is 48.5 Å². The molecule has 190 valence electrons. The molecule has 0 N–H and O–H groups in total. The average molecular weight is 513 g/mol. The van der Waals surface area contributed by atoms with Crippen LogP contribution in [0.5, 0.6) is 0 Å². The molecule has 0 saturated carbocycles. The van der Waals surface area contributed by atoms with Crippen molar-refractivity contribution in [1.29, 1.82) is 0 Å². The molecule has 5 aromatic rings. The van der Waals surface area contributed by atoms with E-state index in [-0.39, 0.29) is 11.1 Å². The van der Waals surface area contributed by atoms with Crippen LogP contribution in [0.15, 0.2) is 66.7 Å². The summed E-state index contributed by atoms with van der Waals surface area (Å²) in [5.41, 5.74) is 5.48. The van der Waals surface area contributed by atoms with E-state index in [1.165, 1.54) is 11.0 Å². The second-order valence-electron chi connectivity index (χ2n) is 9.98. The van der Waals surface area contributed by atoms with Crippen molar-refractivity contribution in [3.63, 3.8) is 0 Å². The lowest BCUT2D eigenvalue weighted by atomic mass is 10.0. The van der Waals surface area contributed by atoms with Crippen LogP contribution in [0.25, 0.3) is 27.5 Å². The van der Waals surface area contributed by atoms with E-state index in [9.17, 15) is 22.8 Å². The monoisotopic (exact) mass is 512 g/mol. The molecule has 1 aromatic heterocycles. The summed E-state index contributed by atoms with van der Waals surface area (Å²) in [5.74, 6) is -0.873. The van der Waals surface area contributed by atoms with Crippen LogP contribution in [-0.4, -0.2) is 16.4 Å². The zero-order valence-electron chi connectivity index (χ0n) is 21.2. The number of amides is 2. The van der Waals surface area contributed by atoms with Crippen LogP contribution in [0, 0.1) is 27.7 Å². The molecule has 7 heteroatoms. The first-order chi connectivity index (χ1) is 18.0. The molecule has 0 saturated heterocycles. The van der Waals surface area contributed by atoms with Crippen molar-refractivity contribution in [2.75, 3.05) is 4.90 Å². The van der Waals surface area contributed by atoms with Gasteiger partial charge in [-0.3, -0.25) is 9.59 Å². The highest BCUT2D eigenvalue weighted by Gasteiger charge is 2.40. The van der Waals surface area contributed by atoms with Gasteiger partial charge in [0.05, 0.1) is 39.1 Å². The third-order valence-electron chi connectivity index (χ3n) is 7.24. The number of carbonyl (C=O) groups is 2. The third kappa shape index (κ3) is 3.38. The summed E-state index contributed by atoms with van der Waals surface area (Å²) < 4.78 is 42.6. The number of anilines is 1. The minimum Gasteiger partial charge on any atom is -0.308 e. The number of aryl methyl sites for hydroxylation is 4. The summed E-state index contributed by atoms with van der Waals surface area (Å²) in [6.07, 6.45) is -4.49. The second-order valence-corrected chi connectivity index (χ2v) is 9.98. The highest BCUT2D eigenvalue weighted by atomic mass is 19.4. The lowest BCUT2D eigenvalue weighted by Gasteiger charge is -2.20. The molecule has 4 aromatic carbocycles. The van der Waals surface area contributed by atoms with E-state index in [1.54, 1.807) is 22.8 Å². The summed E-state index contributed by atoms with van der Waals surface area (Å²) in [6, 6.07) is 18.1. The number of benzene rings is 4. The molecular weight excluding hydrogens is 489 g/mol. The zero-order valence-corrected chi connectivity index (χ0v) is 21.2. The van der Waals surface area contributed by atoms with E-state index in [2.05, 4.69) is 0 Å². The van der Waals surface area contributed by atoms with Crippen molar-refractivity contribution in [2.24, 2.45) is 0 Å². The van der Waals surface area contributed by atoms with E-state index in [4.69, 9.17) is 0 Å². The number of carbonyl (C=O) groups excluding carboxylic acids is 2. The van der Waals surface area contributed by atoms with Crippen molar-refractivity contribution in [2.45, 2.75) is 33.9 Å². The lowest BCUT2D eigenvalue weighted by molar-refractivity contribution is -0.137. The van der Waals surface area contributed by atoms with Crippen LogP contribution in [0.3, 0.4) is 0 Å². The number of hydrogen-bond acceptors (Lipinski definition) is 2. The number of hydrogen-bond donors (Lipinski definition) is 0. The molecule has 1 aliphatic heterocycles. The predicted molar refractivity (Wildman–Crippen MR) is 142 cm³/mol. The van der Waals surface area contributed by atoms with Crippen molar-refractivity contribution in [3.8, 4) is 5.69 Å². The molecule has 38 heavy (non-hydrogen) atoms. The van der Waals surface area contributed by atoms with Crippen molar-refractivity contribution in [3.05, 3.63) is 106 Å². The third-order valence-corrected chi connectivity index (χ3v) is 7.24. The largest absolute Gasteiger partial charge is 0.416 e. The fourth-order valence-corrected chi connectivity index (χ4v) is 5.76. The topological polar surface area (TPSA) is 42.3 Å². The van der Waals surface area contributed by atoms with Gasteiger partial charge in [-0.1, -0.05) is 35.4 Å². The standard InChI is InChI=1S/C31H23F3N2O2/c1-16-8-10-24-22(14-16)23-15-20(31(32,33)34)9-11-25(23)35(24)26-7-5-6-21-27(26)30(38)36(29(21)37)28-18(3)12-17(2)13-19(28)4/h5-15H,1-4H3. The van der Waals surface area contributed by atoms with Gasteiger partial charge >= 0.3 is 6.18 Å². The smallest absolute Gasteiger partial charge is 0.308 e. The maximum Gasteiger partial charge on any atom is 0.416 e. The van der Waals surface area contributed by atoms with Crippen LogP contribution in [-0.2, 0) is 6.18 Å². The van der Waals surface area contributed by atoms with E-state index < -0.39 is 23.6 Å². The van der Waals surface area contributed by atoms with Crippen LogP contribution < -0.4 is 4.90 Å². The van der Waals surface area contributed by atoms with Crippen molar-refractivity contribution >= 4 is 39.3 Å². The van der Waals surface area contributed by atoms with Crippen molar-refractivity contribution in [1.82, 2.24) is 4.57 Å². The zero-order chi connectivity index (χ0) is 27.1. The number of aromatic nitrogens is 1. The first kappa shape index (κ1) is 24.0. The van der Waals surface area contributed by atoms with E-state index >= 15 is 0 Å². The summed E-state index contributed by atoms with van der Waals surface area (Å²) in [7, 11) is 0.